The highest BCUT2D eigenvalue weighted by Gasteiger charge is 2.30. The fourth-order valence-corrected chi connectivity index (χ4v) is 3.02. The van der Waals surface area contributed by atoms with Gasteiger partial charge in [0.15, 0.2) is 0 Å². The summed E-state index contributed by atoms with van der Waals surface area (Å²) in [7, 11) is 0. The summed E-state index contributed by atoms with van der Waals surface area (Å²) in [5, 5.41) is 9.84. The van der Waals surface area contributed by atoms with Gasteiger partial charge in [0, 0.05) is 24.3 Å². The van der Waals surface area contributed by atoms with E-state index >= 15 is 0 Å². The van der Waals surface area contributed by atoms with Gasteiger partial charge < -0.3 is 10.6 Å². The Labute approximate surface area is 166 Å². The number of aromatic nitrogens is 2. The lowest BCUT2D eigenvalue weighted by Crippen LogP contribution is -2.34. The number of hydrogen-bond donors (Lipinski definition) is 2. The zero-order chi connectivity index (χ0) is 21.0. The lowest BCUT2D eigenvalue weighted by Gasteiger charge is -2.11. The Morgan fingerprint density at radius 3 is 2.38 bits per heavy atom. The first-order chi connectivity index (χ1) is 13.8. The van der Waals surface area contributed by atoms with Crippen molar-refractivity contribution in [3.63, 3.8) is 0 Å². The molecule has 0 saturated heterocycles. The van der Waals surface area contributed by atoms with Crippen LogP contribution in [0.25, 0.3) is 5.69 Å². The Hall–Kier alpha value is -3.29. The molecule has 0 radical (unpaired) electrons. The van der Waals surface area contributed by atoms with Crippen molar-refractivity contribution >= 4 is 6.03 Å². The molecule has 1 heterocycles. The van der Waals surface area contributed by atoms with E-state index in [2.05, 4.69) is 15.7 Å². The Morgan fingerprint density at radius 2 is 1.69 bits per heavy atom. The van der Waals surface area contributed by atoms with Crippen LogP contribution in [0.5, 0.6) is 0 Å². The van der Waals surface area contributed by atoms with Crippen molar-refractivity contribution < 1.29 is 18.0 Å². The van der Waals surface area contributed by atoms with Crippen LogP contribution >= 0.6 is 0 Å². The predicted molar refractivity (Wildman–Crippen MR) is 104 cm³/mol. The van der Waals surface area contributed by atoms with Crippen LogP contribution in [-0.2, 0) is 19.3 Å². The topological polar surface area (TPSA) is 59.0 Å². The summed E-state index contributed by atoms with van der Waals surface area (Å²) >= 11 is 0. The second kappa shape index (κ2) is 8.38. The third kappa shape index (κ3) is 4.96. The molecule has 0 aliphatic carbocycles. The summed E-state index contributed by atoms with van der Waals surface area (Å²) in [6, 6.07) is 14.1. The van der Waals surface area contributed by atoms with Gasteiger partial charge in [0.25, 0.3) is 0 Å². The minimum absolute atomic E-state index is 0.00298. The summed E-state index contributed by atoms with van der Waals surface area (Å²) in [6.07, 6.45) is -4.41. The summed E-state index contributed by atoms with van der Waals surface area (Å²) < 4.78 is 40.1. The summed E-state index contributed by atoms with van der Waals surface area (Å²) in [5.41, 5.74) is 3.16. The van der Waals surface area contributed by atoms with Crippen molar-refractivity contribution in [2.24, 2.45) is 0 Å². The zero-order valence-electron chi connectivity index (χ0n) is 16.0. The molecule has 3 aromatic rings. The number of para-hydroxylation sites is 1. The Balaban J connectivity index is 1.60. The molecule has 0 aliphatic heterocycles. The molecule has 0 unspecified atom stereocenters. The van der Waals surface area contributed by atoms with Crippen LogP contribution in [0.4, 0.5) is 18.0 Å². The summed E-state index contributed by atoms with van der Waals surface area (Å²) in [4.78, 5) is 12.1. The fraction of sp³-hybridized carbons (Fsp3) is 0.238. The number of nitrogens with zero attached hydrogens (tertiary/aromatic N) is 2. The Morgan fingerprint density at radius 1 is 1.00 bits per heavy atom. The number of hydrogen-bond acceptors (Lipinski definition) is 2. The van der Waals surface area contributed by atoms with Crippen molar-refractivity contribution in [2.75, 3.05) is 0 Å². The van der Waals surface area contributed by atoms with Crippen LogP contribution < -0.4 is 10.6 Å². The number of nitrogens with one attached hydrogen (secondary N) is 2. The van der Waals surface area contributed by atoms with Gasteiger partial charge in [-0.3, -0.25) is 0 Å². The average Bonchev–Trinajstić information content (AvgIpc) is 2.98. The van der Waals surface area contributed by atoms with E-state index in [1.54, 1.807) is 0 Å². The summed E-state index contributed by atoms with van der Waals surface area (Å²) in [5.74, 6) is 0. The van der Waals surface area contributed by atoms with Crippen molar-refractivity contribution in [3.8, 4) is 5.69 Å². The Bertz CT molecular complexity index is 997. The first-order valence-electron chi connectivity index (χ1n) is 9.04. The van der Waals surface area contributed by atoms with Gasteiger partial charge in [-0.1, -0.05) is 30.3 Å². The van der Waals surface area contributed by atoms with E-state index in [4.69, 9.17) is 0 Å². The standard InChI is InChI=1S/C21H21F3N4O/c1-14-19(15(2)28(27-14)18-9-4-3-5-10-18)13-26-20(29)25-12-16-7-6-8-17(11-16)21(22,23)24/h3-11H,12-13H2,1-2H3,(H2,25,26,29). The minimum atomic E-state index is -4.41. The van der Waals surface area contributed by atoms with Crippen LogP contribution in [0, 0.1) is 13.8 Å². The first kappa shape index (κ1) is 20.4. The molecule has 2 N–H and O–H groups in total. The molecule has 0 spiro atoms. The quantitative estimate of drug-likeness (QED) is 0.660. The third-order valence-electron chi connectivity index (χ3n) is 4.58. The van der Waals surface area contributed by atoms with E-state index in [9.17, 15) is 18.0 Å². The molecule has 5 nitrogen and oxygen atoms in total. The van der Waals surface area contributed by atoms with E-state index in [0.717, 1.165) is 34.8 Å². The van der Waals surface area contributed by atoms with Crippen LogP contribution in [-0.4, -0.2) is 15.8 Å². The number of rotatable bonds is 5. The molecule has 1 aromatic heterocycles. The molecule has 29 heavy (non-hydrogen) atoms. The van der Waals surface area contributed by atoms with Crippen molar-refractivity contribution in [3.05, 3.63) is 82.7 Å². The second-order valence-corrected chi connectivity index (χ2v) is 6.63. The van der Waals surface area contributed by atoms with Gasteiger partial charge in [-0.2, -0.15) is 18.3 Å². The highest BCUT2D eigenvalue weighted by Crippen LogP contribution is 2.29. The number of urea groups is 1. The predicted octanol–water partition coefficient (Wildman–Crippen LogP) is 4.51. The number of amides is 2. The highest BCUT2D eigenvalue weighted by molar-refractivity contribution is 5.73. The molecular formula is C21H21F3N4O. The molecule has 3 rings (SSSR count). The molecule has 0 fully saturated rings. The van der Waals surface area contributed by atoms with Crippen molar-refractivity contribution in [2.45, 2.75) is 33.1 Å². The molecule has 8 heteroatoms. The van der Waals surface area contributed by atoms with Crippen molar-refractivity contribution in [1.29, 1.82) is 0 Å². The maximum absolute atomic E-state index is 12.8. The molecular weight excluding hydrogens is 381 g/mol. The van der Waals surface area contributed by atoms with Crippen LogP contribution in [0.15, 0.2) is 54.6 Å². The van der Waals surface area contributed by atoms with Gasteiger partial charge in [-0.15, -0.1) is 0 Å². The maximum atomic E-state index is 12.8. The zero-order valence-corrected chi connectivity index (χ0v) is 16.0. The van der Waals surface area contributed by atoms with Crippen LogP contribution in [0.1, 0.15) is 28.1 Å². The average molecular weight is 402 g/mol. The molecule has 0 bridgehead atoms. The first-order valence-corrected chi connectivity index (χ1v) is 9.04. The number of benzene rings is 2. The van der Waals surface area contributed by atoms with Gasteiger partial charge in [0.05, 0.1) is 16.9 Å². The van der Waals surface area contributed by atoms with E-state index in [1.165, 1.54) is 12.1 Å². The van der Waals surface area contributed by atoms with E-state index in [0.29, 0.717) is 5.56 Å². The molecule has 2 aromatic carbocycles. The highest BCUT2D eigenvalue weighted by atomic mass is 19.4. The smallest absolute Gasteiger partial charge is 0.334 e. The van der Waals surface area contributed by atoms with Gasteiger partial charge in [0.1, 0.15) is 0 Å². The molecule has 0 saturated carbocycles. The van der Waals surface area contributed by atoms with Crippen LogP contribution in [0.3, 0.4) is 0 Å². The van der Waals surface area contributed by atoms with E-state index < -0.39 is 17.8 Å². The number of carbonyl (C=O) groups excluding carboxylic acids is 1. The normalized spacial score (nSPS) is 11.3. The lowest BCUT2D eigenvalue weighted by molar-refractivity contribution is -0.137. The Kier molecular flexibility index (Phi) is 5.91. The number of alkyl halides is 3. The van der Waals surface area contributed by atoms with E-state index in [1.807, 2.05) is 48.9 Å². The van der Waals surface area contributed by atoms with Gasteiger partial charge in [-0.25, -0.2) is 9.48 Å². The van der Waals surface area contributed by atoms with Gasteiger partial charge in [-0.05, 0) is 43.7 Å². The van der Waals surface area contributed by atoms with E-state index in [-0.39, 0.29) is 13.1 Å². The number of halogens is 3. The second-order valence-electron chi connectivity index (χ2n) is 6.63. The molecule has 0 atom stereocenters. The number of aryl methyl sites for hydroxylation is 1. The third-order valence-corrected chi connectivity index (χ3v) is 4.58. The summed E-state index contributed by atoms with van der Waals surface area (Å²) in [6.45, 7) is 4.05. The molecule has 0 aliphatic rings. The number of carbonyl (C=O) groups is 1. The van der Waals surface area contributed by atoms with Gasteiger partial charge in [0.2, 0.25) is 0 Å². The van der Waals surface area contributed by atoms with Gasteiger partial charge >= 0.3 is 12.2 Å². The monoisotopic (exact) mass is 402 g/mol. The molecule has 152 valence electrons. The molecule has 2 amide bonds. The van der Waals surface area contributed by atoms with Crippen molar-refractivity contribution in [1.82, 2.24) is 20.4 Å². The fourth-order valence-electron chi connectivity index (χ4n) is 3.02. The maximum Gasteiger partial charge on any atom is 0.416 e. The lowest BCUT2D eigenvalue weighted by atomic mass is 10.1. The minimum Gasteiger partial charge on any atom is -0.334 e. The largest absolute Gasteiger partial charge is 0.416 e. The van der Waals surface area contributed by atoms with Crippen LogP contribution in [0.2, 0.25) is 0 Å². The SMILES string of the molecule is Cc1nn(-c2ccccc2)c(C)c1CNC(=O)NCc1cccc(C(F)(F)F)c1.